The molecule has 0 bridgehead atoms. The Kier molecular flexibility index (Phi) is 2.85. The number of nitrogens with two attached hydrogens (primary N) is 1. The minimum atomic E-state index is -0.164. The summed E-state index contributed by atoms with van der Waals surface area (Å²) in [4.78, 5) is 12.1. The fourth-order valence-electron chi connectivity index (χ4n) is 2.50. The fourth-order valence-corrected chi connectivity index (χ4v) is 2.50. The van der Waals surface area contributed by atoms with Crippen molar-refractivity contribution < 1.29 is 4.79 Å². The van der Waals surface area contributed by atoms with Crippen LogP contribution in [0.5, 0.6) is 0 Å². The third-order valence-corrected chi connectivity index (χ3v) is 3.63. The first-order valence-electron chi connectivity index (χ1n) is 6.00. The average molecular weight is 236 g/mol. The third kappa shape index (κ3) is 2.28. The van der Waals surface area contributed by atoms with E-state index in [1.54, 1.807) is 17.9 Å². The van der Waals surface area contributed by atoms with Gasteiger partial charge in [0.25, 0.3) is 5.91 Å². The second kappa shape index (κ2) is 4.05. The number of amides is 1. The lowest BCUT2D eigenvalue weighted by atomic mass is 9.87. The highest BCUT2D eigenvalue weighted by molar-refractivity contribution is 5.97. The zero-order valence-electron chi connectivity index (χ0n) is 10.7. The molecule has 1 fully saturated rings. The maximum absolute atomic E-state index is 12.1. The molecule has 0 radical (unpaired) electrons. The van der Waals surface area contributed by atoms with Gasteiger partial charge < -0.3 is 11.1 Å². The minimum absolute atomic E-state index is 0.164. The standard InChI is InChI=1S/C12H20N4O/c1-12(2)6-4-5-9(12)14-11(17)10-8(13)7-16(3)15-10/h7,9H,4-6,13H2,1-3H3,(H,14,17). The van der Waals surface area contributed by atoms with Crippen LogP contribution in [0, 0.1) is 5.41 Å². The molecule has 17 heavy (non-hydrogen) atoms. The van der Waals surface area contributed by atoms with Crippen LogP contribution in [0.1, 0.15) is 43.6 Å². The molecule has 1 unspecified atom stereocenters. The SMILES string of the molecule is Cn1cc(N)c(C(=O)NC2CCCC2(C)C)n1. The molecule has 1 saturated carbocycles. The van der Waals surface area contributed by atoms with E-state index in [2.05, 4.69) is 24.3 Å². The predicted octanol–water partition coefficient (Wildman–Crippen LogP) is 1.31. The number of nitrogens with zero attached hydrogens (tertiary/aromatic N) is 2. The second-order valence-electron chi connectivity index (χ2n) is 5.51. The Balaban J connectivity index is 2.10. The predicted molar refractivity (Wildman–Crippen MR) is 66.5 cm³/mol. The molecule has 0 aliphatic heterocycles. The summed E-state index contributed by atoms with van der Waals surface area (Å²) in [6, 6.07) is 0.219. The highest BCUT2D eigenvalue weighted by atomic mass is 16.2. The van der Waals surface area contributed by atoms with Crippen LogP contribution in [0.3, 0.4) is 0 Å². The maximum atomic E-state index is 12.1. The lowest BCUT2D eigenvalue weighted by Crippen LogP contribution is -2.41. The van der Waals surface area contributed by atoms with Crippen LogP contribution in [-0.4, -0.2) is 21.7 Å². The molecule has 1 aliphatic carbocycles. The minimum Gasteiger partial charge on any atom is -0.396 e. The Bertz CT molecular complexity index is 436. The summed E-state index contributed by atoms with van der Waals surface area (Å²) in [6.45, 7) is 4.37. The molecule has 1 heterocycles. The van der Waals surface area contributed by atoms with E-state index in [4.69, 9.17) is 5.73 Å². The van der Waals surface area contributed by atoms with Gasteiger partial charge in [-0.25, -0.2) is 0 Å². The summed E-state index contributed by atoms with van der Waals surface area (Å²) in [5.41, 5.74) is 6.67. The van der Waals surface area contributed by atoms with E-state index >= 15 is 0 Å². The summed E-state index contributed by atoms with van der Waals surface area (Å²) in [6.07, 6.45) is 4.99. The van der Waals surface area contributed by atoms with Crippen molar-refractivity contribution in [2.45, 2.75) is 39.2 Å². The van der Waals surface area contributed by atoms with Crippen molar-refractivity contribution in [3.8, 4) is 0 Å². The number of rotatable bonds is 2. The lowest BCUT2D eigenvalue weighted by molar-refractivity contribution is 0.0905. The van der Waals surface area contributed by atoms with E-state index in [1.165, 1.54) is 0 Å². The zero-order chi connectivity index (χ0) is 12.6. The largest absolute Gasteiger partial charge is 0.396 e. The summed E-state index contributed by atoms with van der Waals surface area (Å²) >= 11 is 0. The first-order valence-corrected chi connectivity index (χ1v) is 6.00. The van der Waals surface area contributed by atoms with Crippen LogP contribution in [0.25, 0.3) is 0 Å². The molecule has 0 aromatic carbocycles. The van der Waals surface area contributed by atoms with E-state index in [9.17, 15) is 4.79 Å². The van der Waals surface area contributed by atoms with Crippen LogP contribution in [0.4, 0.5) is 5.69 Å². The molecule has 1 amide bonds. The molecule has 0 saturated heterocycles. The van der Waals surface area contributed by atoms with Crippen molar-refractivity contribution in [3.05, 3.63) is 11.9 Å². The Morgan fingerprint density at radius 3 is 2.82 bits per heavy atom. The highest BCUT2D eigenvalue weighted by Crippen LogP contribution is 2.37. The number of hydrogen-bond acceptors (Lipinski definition) is 3. The fraction of sp³-hybridized carbons (Fsp3) is 0.667. The van der Waals surface area contributed by atoms with Crippen LogP contribution in [0.2, 0.25) is 0 Å². The van der Waals surface area contributed by atoms with Gasteiger partial charge in [0.05, 0.1) is 5.69 Å². The molecule has 2 rings (SSSR count). The number of aryl methyl sites for hydroxylation is 1. The van der Waals surface area contributed by atoms with Gasteiger partial charge >= 0.3 is 0 Å². The molecule has 1 aromatic rings. The molecular weight excluding hydrogens is 216 g/mol. The summed E-state index contributed by atoms with van der Waals surface area (Å²) in [7, 11) is 1.76. The van der Waals surface area contributed by atoms with Gasteiger partial charge in [-0.15, -0.1) is 0 Å². The van der Waals surface area contributed by atoms with Gasteiger partial charge in [-0.2, -0.15) is 5.10 Å². The van der Waals surface area contributed by atoms with Crippen molar-refractivity contribution in [1.82, 2.24) is 15.1 Å². The molecule has 3 N–H and O–H groups in total. The van der Waals surface area contributed by atoms with E-state index in [0.717, 1.165) is 19.3 Å². The number of carbonyl (C=O) groups is 1. The van der Waals surface area contributed by atoms with Crippen molar-refractivity contribution in [1.29, 1.82) is 0 Å². The van der Waals surface area contributed by atoms with Gasteiger partial charge in [0, 0.05) is 19.3 Å². The summed E-state index contributed by atoms with van der Waals surface area (Å²) in [5, 5.41) is 7.12. The van der Waals surface area contributed by atoms with E-state index in [0.29, 0.717) is 11.4 Å². The van der Waals surface area contributed by atoms with Crippen molar-refractivity contribution in [2.75, 3.05) is 5.73 Å². The van der Waals surface area contributed by atoms with Gasteiger partial charge in [-0.3, -0.25) is 9.48 Å². The van der Waals surface area contributed by atoms with Gasteiger partial charge in [0.1, 0.15) is 0 Å². The molecule has 5 heteroatoms. The number of aromatic nitrogens is 2. The van der Waals surface area contributed by atoms with Crippen LogP contribution in [0.15, 0.2) is 6.20 Å². The van der Waals surface area contributed by atoms with Crippen molar-refractivity contribution in [2.24, 2.45) is 12.5 Å². The van der Waals surface area contributed by atoms with Gasteiger partial charge in [0.15, 0.2) is 5.69 Å². The quantitative estimate of drug-likeness (QED) is 0.813. The first-order chi connectivity index (χ1) is 7.90. The summed E-state index contributed by atoms with van der Waals surface area (Å²) < 4.78 is 1.56. The Labute approximate surface area is 101 Å². The number of hydrogen-bond donors (Lipinski definition) is 2. The molecule has 94 valence electrons. The van der Waals surface area contributed by atoms with Crippen molar-refractivity contribution >= 4 is 11.6 Å². The zero-order valence-corrected chi connectivity index (χ0v) is 10.7. The number of nitrogen functional groups attached to an aromatic ring is 1. The van der Waals surface area contributed by atoms with Crippen molar-refractivity contribution in [3.63, 3.8) is 0 Å². The number of nitrogens with one attached hydrogen (secondary N) is 1. The Morgan fingerprint density at radius 1 is 1.65 bits per heavy atom. The third-order valence-electron chi connectivity index (χ3n) is 3.63. The van der Waals surface area contributed by atoms with Gasteiger partial charge in [-0.05, 0) is 18.3 Å². The number of carbonyl (C=O) groups excluding carboxylic acids is 1. The van der Waals surface area contributed by atoms with E-state index < -0.39 is 0 Å². The Hall–Kier alpha value is -1.52. The summed E-state index contributed by atoms with van der Waals surface area (Å²) in [5.74, 6) is -0.164. The van der Waals surface area contributed by atoms with Gasteiger partial charge in [0.2, 0.25) is 0 Å². The monoisotopic (exact) mass is 236 g/mol. The molecule has 1 atom stereocenters. The molecule has 1 aliphatic rings. The van der Waals surface area contributed by atoms with Crippen LogP contribution < -0.4 is 11.1 Å². The molecule has 0 spiro atoms. The lowest BCUT2D eigenvalue weighted by Gasteiger charge is -2.27. The first kappa shape index (κ1) is 12.0. The molecular formula is C12H20N4O. The molecule has 1 aromatic heterocycles. The number of anilines is 1. The second-order valence-corrected chi connectivity index (χ2v) is 5.51. The van der Waals surface area contributed by atoms with Crippen LogP contribution in [-0.2, 0) is 7.05 Å². The average Bonchev–Trinajstić information content (AvgIpc) is 2.70. The maximum Gasteiger partial charge on any atom is 0.274 e. The topological polar surface area (TPSA) is 72.9 Å². The highest BCUT2D eigenvalue weighted by Gasteiger charge is 2.36. The molecule has 5 nitrogen and oxygen atoms in total. The van der Waals surface area contributed by atoms with Crippen LogP contribution >= 0.6 is 0 Å². The van der Waals surface area contributed by atoms with E-state index in [-0.39, 0.29) is 17.4 Å². The van der Waals surface area contributed by atoms with Gasteiger partial charge in [-0.1, -0.05) is 20.3 Å². The Morgan fingerprint density at radius 2 is 2.35 bits per heavy atom. The normalized spacial score (nSPS) is 22.6. The smallest absolute Gasteiger partial charge is 0.274 e. The van der Waals surface area contributed by atoms with E-state index in [1.807, 2.05) is 0 Å².